The minimum atomic E-state index is -1.61. The minimum absolute atomic E-state index is 0.0825. The van der Waals surface area contributed by atoms with Crippen molar-refractivity contribution >= 4 is 44.8 Å². The summed E-state index contributed by atoms with van der Waals surface area (Å²) < 4.78 is 5.09. The molecular weight excluding hydrogens is 346 g/mol. The number of nitrogens with two attached hydrogens (primary N) is 1. The molecule has 9 heteroatoms. The Hall–Kier alpha value is -3.33. The summed E-state index contributed by atoms with van der Waals surface area (Å²) in [7, 11) is 1.51. The molecule has 3 rings (SSSR count). The van der Waals surface area contributed by atoms with Crippen LogP contribution in [0.4, 0.5) is 11.4 Å². The van der Waals surface area contributed by atoms with Crippen molar-refractivity contribution in [1.82, 2.24) is 4.98 Å². The molecular formula is C16H12N3O5S-. The molecule has 0 aliphatic heterocycles. The molecule has 4 N–H and O–H groups in total. The van der Waals surface area contributed by atoms with Gasteiger partial charge in [-0.3, -0.25) is 9.59 Å². The molecule has 0 saturated carbocycles. The SMILES string of the molecule is COc1cccc(NC(=O)c2sc3[nH]c(=O)c(C(=O)[O-])cc3c2N)c1. The van der Waals surface area contributed by atoms with Crippen LogP contribution >= 0.6 is 11.3 Å². The second kappa shape index (κ2) is 6.29. The molecule has 3 aromatic rings. The van der Waals surface area contributed by atoms with Crippen LogP contribution < -0.4 is 26.5 Å². The molecule has 1 amide bonds. The minimum Gasteiger partial charge on any atom is -0.545 e. The second-order valence-corrected chi connectivity index (χ2v) is 6.09. The predicted molar refractivity (Wildman–Crippen MR) is 92.1 cm³/mol. The second-order valence-electron chi connectivity index (χ2n) is 5.07. The smallest absolute Gasteiger partial charge is 0.267 e. The van der Waals surface area contributed by atoms with E-state index in [4.69, 9.17) is 10.5 Å². The number of nitrogen functional groups attached to an aromatic ring is 1. The maximum Gasteiger partial charge on any atom is 0.267 e. The van der Waals surface area contributed by atoms with Crippen molar-refractivity contribution in [3.63, 3.8) is 0 Å². The molecule has 0 aliphatic carbocycles. The quantitative estimate of drug-likeness (QED) is 0.631. The molecule has 0 unspecified atom stereocenters. The Labute approximate surface area is 144 Å². The largest absolute Gasteiger partial charge is 0.545 e. The molecule has 0 fully saturated rings. The number of aromatic nitrogens is 1. The third-order valence-corrected chi connectivity index (χ3v) is 4.63. The number of carboxylic acids is 1. The van der Waals surface area contributed by atoms with E-state index in [2.05, 4.69) is 10.3 Å². The van der Waals surface area contributed by atoms with Crippen LogP contribution in [0.1, 0.15) is 20.0 Å². The molecule has 2 heterocycles. The van der Waals surface area contributed by atoms with Crippen molar-refractivity contribution in [1.29, 1.82) is 0 Å². The van der Waals surface area contributed by atoms with Gasteiger partial charge in [-0.05, 0) is 18.2 Å². The molecule has 2 aromatic heterocycles. The van der Waals surface area contributed by atoms with Gasteiger partial charge < -0.3 is 30.7 Å². The summed E-state index contributed by atoms with van der Waals surface area (Å²) in [6.07, 6.45) is 0. The monoisotopic (exact) mass is 358 g/mol. The van der Waals surface area contributed by atoms with Gasteiger partial charge in [0, 0.05) is 17.1 Å². The van der Waals surface area contributed by atoms with E-state index in [-0.39, 0.29) is 16.0 Å². The number of aromatic carboxylic acids is 1. The van der Waals surface area contributed by atoms with E-state index < -0.39 is 23.0 Å². The van der Waals surface area contributed by atoms with Gasteiger partial charge in [-0.1, -0.05) is 6.07 Å². The van der Waals surface area contributed by atoms with Crippen molar-refractivity contribution < 1.29 is 19.4 Å². The number of fused-ring (bicyclic) bond motifs is 1. The van der Waals surface area contributed by atoms with Crippen LogP contribution in [-0.2, 0) is 0 Å². The lowest BCUT2D eigenvalue weighted by molar-refractivity contribution is -0.255. The molecule has 128 valence electrons. The normalized spacial score (nSPS) is 10.6. The van der Waals surface area contributed by atoms with Gasteiger partial charge in [0.1, 0.15) is 15.5 Å². The molecule has 0 bridgehead atoms. The first-order valence-electron chi connectivity index (χ1n) is 7.02. The Morgan fingerprint density at radius 2 is 2.08 bits per heavy atom. The number of carbonyl (C=O) groups is 2. The Morgan fingerprint density at radius 3 is 2.76 bits per heavy atom. The van der Waals surface area contributed by atoms with E-state index in [0.29, 0.717) is 16.3 Å². The lowest BCUT2D eigenvalue weighted by Crippen LogP contribution is -2.29. The number of nitrogens with one attached hydrogen (secondary N) is 2. The van der Waals surface area contributed by atoms with Gasteiger partial charge in [-0.15, -0.1) is 11.3 Å². The number of pyridine rings is 1. The molecule has 0 radical (unpaired) electrons. The summed E-state index contributed by atoms with van der Waals surface area (Å²) in [6.45, 7) is 0. The fourth-order valence-corrected chi connectivity index (χ4v) is 3.27. The number of hydrogen-bond acceptors (Lipinski definition) is 7. The predicted octanol–water partition coefficient (Wildman–Crippen LogP) is 0.796. The van der Waals surface area contributed by atoms with Crippen LogP contribution in [0.15, 0.2) is 35.1 Å². The van der Waals surface area contributed by atoms with E-state index in [0.717, 1.165) is 17.4 Å². The van der Waals surface area contributed by atoms with E-state index in [9.17, 15) is 19.5 Å². The van der Waals surface area contributed by atoms with Gasteiger partial charge in [0.2, 0.25) is 0 Å². The number of methoxy groups -OCH3 is 1. The summed E-state index contributed by atoms with van der Waals surface area (Å²) in [5.41, 5.74) is 5.19. The number of carbonyl (C=O) groups excluding carboxylic acids is 2. The molecule has 0 atom stereocenters. The zero-order chi connectivity index (χ0) is 18.1. The topological polar surface area (TPSA) is 137 Å². The summed E-state index contributed by atoms with van der Waals surface area (Å²) in [5, 5.41) is 13.9. The van der Waals surface area contributed by atoms with Crippen molar-refractivity contribution in [3.8, 4) is 5.75 Å². The van der Waals surface area contributed by atoms with E-state index in [1.807, 2.05) is 0 Å². The zero-order valence-corrected chi connectivity index (χ0v) is 13.7. The summed E-state index contributed by atoms with van der Waals surface area (Å²) in [5.74, 6) is -1.52. The highest BCUT2D eigenvalue weighted by molar-refractivity contribution is 7.21. The first-order valence-corrected chi connectivity index (χ1v) is 7.84. The lowest BCUT2D eigenvalue weighted by Gasteiger charge is -2.06. The number of rotatable bonds is 4. The lowest BCUT2D eigenvalue weighted by atomic mass is 10.2. The number of carboxylic acid groups (broad SMARTS) is 1. The van der Waals surface area contributed by atoms with Gasteiger partial charge in [-0.25, -0.2) is 0 Å². The number of thiophene rings is 1. The number of ether oxygens (including phenoxy) is 1. The average molecular weight is 358 g/mol. The Balaban J connectivity index is 2.00. The number of aromatic amines is 1. The third-order valence-electron chi connectivity index (χ3n) is 3.50. The number of benzene rings is 1. The Kier molecular flexibility index (Phi) is 4.15. The van der Waals surface area contributed by atoms with E-state index in [1.54, 1.807) is 24.3 Å². The molecule has 0 aliphatic rings. The van der Waals surface area contributed by atoms with Gasteiger partial charge >= 0.3 is 0 Å². The Morgan fingerprint density at radius 1 is 1.32 bits per heavy atom. The zero-order valence-electron chi connectivity index (χ0n) is 12.9. The standard InChI is InChI=1S/C16H13N3O5S/c1-24-8-4-2-3-7(5-8)18-14(21)12-11(17)9-6-10(16(22)23)13(20)19-15(9)25-12/h2-6H,17H2,1H3,(H,18,21)(H,19,20)(H,22,23)/p-1. The molecule has 8 nitrogen and oxygen atoms in total. The van der Waals surface area contributed by atoms with E-state index in [1.165, 1.54) is 7.11 Å². The number of hydrogen-bond donors (Lipinski definition) is 3. The molecule has 0 spiro atoms. The van der Waals surface area contributed by atoms with Crippen LogP contribution in [0, 0.1) is 0 Å². The summed E-state index contributed by atoms with van der Waals surface area (Å²) >= 11 is 0.959. The third kappa shape index (κ3) is 3.04. The van der Waals surface area contributed by atoms with Crippen molar-refractivity contribution in [2.24, 2.45) is 0 Å². The fourth-order valence-electron chi connectivity index (χ4n) is 2.28. The molecule has 0 saturated heterocycles. The van der Waals surface area contributed by atoms with Crippen molar-refractivity contribution in [2.75, 3.05) is 18.2 Å². The highest BCUT2D eigenvalue weighted by atomic mass is 32.1. The van der Waals surface area contributed by atoms with Gasteiger partial charge in [-0.2, -0.15) is 0 Å². The van der Waals surface area contributed by atoms with Crippen LogP contribution in [-0.4, -0.2) is 24.0 Å². The maximum atomic E-state index is 12.5. The van der Waals surface area contributed by atoms with Crippen LogP contribution in [0.25, 0.3) is 10.2 Å². The van der Waals surface area contributed by atoms with Gasteiger partial charge in [0.15, 0.2) is 0 Å². The molecule has 1 aromatic carbocycles. The van der Waals surface area contributed by atoms with Gasteiger partial charge in [0.05, 0.1) is 24.3 Å². The first kappa shape index (κ1) is 16.5. The van der Waals surface area contributed by atoms with E-state index >= 15 is 0 Å². The van der Waals surface area contributed by atoms with Crippen molar-refractivity contribution in [3.05, 3.63) is 51.1 Å². The number of anilines is 2. The number of amides is 1. The fraction of sp³-hybridized carbons (Fsp3) is 0.0625. The molecule has 25 heavy (non-hydrogen) atoms. The summed E-state index contributed by atoms with van der Waals surface area (Å²) in [6, 6.07) is 7.87. The van der Waals surface area contributed by atoms with Gasteiger partial charge in [0.25, 0.3) is 11.5 Å². The average Bonchev–Trinajstić information content (AvgIpc) is 2.90. The summed E-state index contributed by atoms with van der Waals surface area (Å²) in [4.78, 5) is 38.0. The Bertz CT molecular complexity index is 1050. The first-order chi connectivity index (χ1) is 11.9. The highest BCUT2D eigenvalue weighted by Gasteiger charge is 2.18. The highest BCUT2D eigenvalue weighted by Crippen LogP contribution is 2.32. The van der Waals surface area contributed by atoms with Crippen LogP contribution in [0.2, 0.25) is 0 Å². The van der Waals surface area contributed by atoms with Crippen LogP contribution in [0.5, 0.6) is 5.75 Å². The maximum absolute atomic E-state index is 12.5. The van der Waals surface area contributed by atoms with Crippen molar-refractivity contribution in [2.45, 2.75) is 0 Å². The number of H-pyrrole nitrogens is 1. The van der Waals surface area contributed by atoms with Crippen LogP contribution in [0.3, 0.4) is 0 Å².